The van der Waals surface area contributed by atoms with E-state index in [1.54, 1.807) is 12.1 Å². The zero-order chi connectivity index (χ0) is 17.8. The first-order valence-corrected chi connectivity index (χ1v) is 7.67. The van der Waals surface area contributed by atoms with Crippen LogP contribution in [0.1, 0.15) is 11.4 Å². The summed E-state index contributed by atoms with van der Waals surface area (Å²) in [6.45, 7) is 1.83. The number of hydrogen-bond acceptors (Lipinski definition) is 4. The molecule has 3 rings (SSSR count). The highest BCUT2D eigenvalue weighted by molar-refractivity contribution is 5.92. The van der Waals surface area contributed by atoms with Gasteiger partial charge in [-0.1, -0.05) is 0 Å². The molecule has 0 fully saturated rings. The molecule has 0 bridgehead atoms. The molecule has 0 unspecified atom stereocenters. The minimum absolute atomic E-state index is 0.0167. The Kier molecular flexibility index (Phi) is 4.74. The number of carbonyl (C=O) groups excluding carboxylic acids is 1. The maximum Gasteiger partial charge on any atom is 0.228 e. The fourth-order valence-electron chi connectivity index (χ4n) is 2.44. The monoisotopic (exact) mass is 340 g/mol. The van der Waals surface area contributed by atoms with E-state index in [0.717, 1.165) is 11.4 Å². The SMILES string of the molecule is COc1ccc(F)cc1CC(=O)Nc1ccc(-c2n[nH]c(C)n2)cc1. The summed E-state index contributed by atoms with van der Waals surface area (Å²) in [7, 11) is 1.48. The van der Waals surface area contributed by atoms with E-state index in [9.17, 15) is 9.18 Å². The lowest BCUT2D eigenvalue weighted by atomic mass is 10.1. The molecule has 0 saturated carbocycles. The molecule has 6 nitrogen and oxygen atoms in total. The number of benzene rings is 2. The van der Waals surface area contributed by atoms with Gasteiger partial charge in [0, 0.05) is 16.8 Å². The number of aromatic amines is 1. The highest BCUT2D eigenvalue weighted by atomic mass is 19.1. The van der Waals surface area contributed by atoms with Gasteiger partial charge < -0.3 is 10.1 Å². The summed E-state index contributed by atoms with van der Waals surface area (Å²) in [6.07, 6.45) is 0.0167. The summed E-state index contributed by atoms with van der Waals surface area (Å²) in [5.41, 5.74) is 1.97. The first-order valence-electron chi connectivity index (χ1n) is 7.67. The van der Waals surface area contributed by atoms with E-state index in [1.165, 1.54) is 25.3 Å². The van der Waals surface area contributed by atoms with Gasteiger partial charge in [0.15, 0.2) is 5.82 Å². The third-order valence-electron chi connectivity index (χ3n) is 3.62. The first-order chi connectivity index (χ1) is 12.0. The summed E-state index contributed by atoms with van der Waals surface area (Å²) in [6, 6.07) is 11.3. The number of hydrogen-bond donors (Lipinski definition) is 2. The lowest BCUT2D eigenvalue weighted by molar-refractivity contribution is -0.115. The highest BCUT2D eigenvalue weighted by Gasteiger charge is 2.11. The number of aryl methyl sites for hydroxylation is 1. The Hall–Kier alpha value is -3.22. The van der Waals surface area contributed by atoms with Crippen molar-refractivity contribution in [2.75, 3.05) is 12.4 Å². The molecule has 1 heterocycles. The number of carbonyl (C=O) groups is 1. The van der Waals surface area contributed by atoms with Crippen molar-refractivity contribution in [3.8, 4) is 17.1 Å². The Morgan fingerprint density at radius 3 is 2.64 bits per heavy atom. The lowest BCUT2D eigenvalue weighted by Crippen LogP contribution is -2.15. The smallest absolute Gasteiger partial charge is 0.228 e. The van der Waals surface area contributed by atoms with Crippen LogP contribution in [0.15, 0.2) is 42.5 Å². The van der Waals surface area contributed by atoms with Gasteiger partial charge in [0.25, 0.3) is 0 Å². The van der Waals surface area contributed by atoms with Crippen molar-refractivity contribution in [2.24, 2.45) is 0 Å². The number of rotatable bonds is 5. The predicted molar refractivity (Wildman–Crippen MR) is 91.8 cm³/mol. The molecule has 0 radical (unpaired) electrons. The predicted octanol–water partition coefficient (Wildman–Crippen LogP) is 3.11. The Labute approximate surface area is 144 Å². The van der Waals surface area contributed by atoms with Crippen LogP contribution in [0, 0.1) is 12.7 Å². The highest BCUT2D eigenvalue weighted by Crippen LogP contribution is 2.21. The van der Waals surface area contributed by atoms with E-state index in [1.807, 2.05) is 19.1 Å². The molecule has 7 heteroatoms. The van der Waals surface area contributed by atoms with Gasteiger partial charge in [0.2, 0.25) is 5.91 Å². The molecule has 0 aliphatic heterocycles. The molecule has 0 spiro atoms. The van der Waals surface area contributed by atoms with Crippen LogP contribution in [0.2, 0.25) is 0 Å². The zero-order valence-electron chi connectivity index (χ0n) is 13.8. The second kappa shape index (κ2) is 7.12. The van der Waals surface area contributed by atoms with Gasteiger partial charge in [0.1, 0.15) is 17.4 Å². The van der Waals surface area contributed by atoms with Crippen LogP contribution >= 0.6 is 0 Å². The number of aromatic nitrogens is 3. The molecule has 0 aliphatic carbocycles. The maximum atomic E-state index is 13.4. The third-order valence-corrected chi connectivity index (χ3v) is 3.62. The molecule has 25 heavy (non-hydrogen) atoms. The molecular weight excluding hydrogens is 323 g/mol. The van der Waals surface area contributed by atoms with E-state index >= 15 is 0 Å². The zero-order valence-corrected chi connectivity index (χ0v) is 13.8. The number of nitrogens with zero attached hydrogens (tertiary/aromatic N) is 2. The van der Waals surface area contributed by atoms with Crippen molar-refractivity contribution in [3.63, 3.8) is 0 Å². The van der Waals surface area contributed by atoms with Gasteiger partial charge >= 0.3 is 0 Å². The number of anilines is 1. The lowest BCUT2D eigenvalue weighted by Gasteiger charge is -2.09. The second-order valence-electron chi connectivity index (χ2n) is 5.50. The number of ether oxygens (including phenoxy) is 1. The van der Waals surface area contributed by atoms with Gasteiger partial charge in [-0.25, -0.2) is 9.37 Å². The summed E-state index contributed by atoms with van der Waals surface area (Å²) in [5, 5.41) is 9.65. The van der Waals surface area contributed by atoms with Gasteiger partial charge in [-0.15, -0.1) is 0 Å². The van der Waals surface area contributed by atoms with Crippen LogP contribution in [-0.4, -0.2) is 28.2 Å². The van der Waals surface area contributed by atoms with Crippen molar-refractivity contribution in [1.82, 2.24) is 15.2 Å². The molecule has 0 saturated heterocycles. The average Bonchev–Trinajstić information content (AvgIpc) is 3.02. The molecule has 128 valence electrons. The van der Waals surface area contributed by atoms with Crippen LogP contribution in [0.5, 0.6) is 5.75 Å². The van der Waals surface area contributed by atoms with Crippen molar-refractivity contribution in [3.05, 3.63) is 59.7 Å². The fourth-order valence-corrected chi connectivity index (χ4v) is 2.44. The molecule has 0 aliphatic rings. The molecule has 2 aromatic carbocycles. The summed E-state index contributed by atoms with van der Waals surface area (Å²) in [4.78, 5) is 16.5. The van der Waals surface area contributed by atoms with Crippen LogP contribution in [0.3, 0.4) is 0 Å². The number of amides is 1. The second-order valence-corrected chi connectivity index (χ2v) is 5.50. The van der Waals surface area contributed by atoms with Gasteiger partial charge in [-0.3, -0.25) is 9.89 Å². The van der Waals surface area contributed by atoms with E-state index < -0.39 is 5.82 Å². The minimum Gasteiger partial charge on any atom is -0.496 e. The first kappa shape index (κ1) is 16.6. The Morgan fingerprint density at radius 2 is 2.00 bits per heavy atom. The molecule has 1 amide bonds. The fraction of sp³-hybridized carbons (Fsp3) is 0.167. The summed E-state index contributed by atoms with van der Waals surface area (Å²) >= 11 is 0. The summed E-state index contributed by atoms with van der Waals surface area (Å²) < 4.78 is 18.5. The number of nitrogens with one attached hydrogen (secondary N) is 2. The van der Waals surface area contributed by atoms with Gasteiger partial charge in [-0.2, -0.15) is 5.10 Å². The van der Waals surface area contributed by atoms with Crippen LogP contribution in [0.25, 0.3) is 11.4 Å². The Morgan fingerprint density at radius 1 is 1.24 bits per heavy atom. The molecule has 1 aromatic heterocycles. The quantitative estimate of drug-likeness (QED) is 0.748. The van der Waals surface area contributed by atoms with Crippen molar-refractivity contribution >= 4 is 11.6 Å². The average molecular weight is 340 g/mol. The van der Waals surface area contributed by atoms with Crippen molar-refractivity contribution < 1.29 is 13.9 Å². The number of methoxy groups -OCH3 is 1. The van der Waals surface area contributed by atoms with E-state index in [2.05, 4.69) is 20.5 Å². The van der Waals surface area contributed by atoms with E-state index in [4.69, 9.17) is 4.74 Å². The third kappa shape index (κ3) is 4.00. The van der Waals surface area contributed by atoms with Gasteiger partial charge in [-0.05, 0) is 49.4 Å². The van der Waals surface area contributed by atoms with E-state index in [-0.39, 0.29) is 12.3 Å². The Balaban J connectivity index is 1.68. The largest absolute Gasteiger partial charge is 0.496 e. The summed E-state index contributed by atoms with van der Waals surface area (Å²) in [5.74, 6) is 1.14. The minimum atomic E-state index is -0.408. The van der Waals surface area contributed by atoms with Crippen molar-refractivity contribution in [2.45, 2.75) is 13.3 Å². The molecule has 2 N–H and O–H groups in total. The topological polar surface area (TPSA) is 79.9 Å². The van der Waals surface area contributed by atoms with Crippen LogP contribution < -0.4 is 10.1 Å². The van der Waals surface area contributed by atoms with Gasteiger partial charge in [0.05, 0.1) is 13.5 Å². The standard InChI is InChI=1S/C18H17FN4O2/c1-11-20-18(23-22-11)12-3-6-15(7-4-12)21-17(24)10-13-9-14(19)5-8-16(13)25-2/h3-9H,10H2,1-2H3,(H,21,24)(H,20,22,23). The number of halogens is 1. The normalized spacial score (nSPS) is 10.5. The maximum absolute atomic E-state index is 13.4. The van der Waals surface area contributed by atoms with Crippen LogP contribution in [0.4, 0.5) is 10.1 Å². The number of H-pyrrole nitrogens is 1. The molecule has 3 aromatic rings. The van der Waals surface area contributed by atoms with Crippen LogP contribution in [-0.2, 0) is 11.2 Å². The van der Waals surface area contributed by atoms with Crippen molar-refractivity contribution in [1.29, 1.82) is 0 Å². The molecule has 0 atom stereocenters. The molecular formula is C18H17FN4O2. The Bertz CT molecular complexity index is 890. The van der Waals surface area contributed by atoms with E-state index in [0.29, 0.717) is 22.8 Å².